The van der Waals surface area contributed by atoms with E-state index in [1.165, 1.54) is 23.1 Å². The van der Waals surface area contributed by atoms with E-state index in [4.69, 9.17) is 21.4 Å². The van der Waals surface area contributed by atoms with Crippen LogP contribution < -0.4 is 15.5 Å². The molecule has 0 fully saturated rings. The largest absolute Gasteiger partial charge is 0.465 e. The van der Waals surface area contributed by atoms with E-state index in [1.54, 1.807) is 56.3 Å². The van der Waals surface area contributed by atoms with E-state index < -0.39 is 60.2 Å². The van der Waals surface area contributed by atoms with Crippen LogP contribution in [0.15, 0.2) is 66.7 Å². The van der Waals surface area contributed by atoms with E-state index in [1.807, 2.05) is 0 Å². The summed E-state index contributed by atoms with van der Waals surface area (Å²) in [6.45, 7) is 2.89. The highest BCUT2D eigenvalue weighted by atomic mass is 35.5. The van der Waals surface area contributed by atoms with Gasteiger partial charge in [-0.25, -0.2) is 4.79 Å². The van der Waals surface area contributed by atoms with Gasteiger partial charge >= 0.3 is 12.3 Å². The van der Waals surface area contributed by atoms with E-state index in [-0.39, 0.29) is 25.3 Å². The molecule has 3 aromatic rings. The SMILES string of the molecule is CC(C)(CO)CN1C(=O)C(CC(=O)NCc2ccccc2C(F)(F)F)OC(c2cccc(CNC(=O)O)c2)c2cc(Cl)ccc21. The molecular weight excluding hydrogens is 615 g/mol. The second-order valence-corrected chi connectivity index (χ2v) is 11.9. The maximum absolute atomic E-state index is 14.1. The highest BCUT2D eigenvalue weighted by molar-refractivity contribution is 6.30. The molecule has 13 heteroatoms. The predicted molar refractivity (Wildman–Crippen MR) is 161 cm³/mol. The second-order valence-electron chi connectivity index (χ2n) is 11.5. The Labute approximate surface area is 262 Å². The van der Waals surface area contributed by atoms with Crippen molar-refractivity contribution < 1.29 is 42.5 Å². The number of alkyl halides is 3. The van der Waals surface area contributed by atoms with Gasteiger partial charge in [0.15, 0.2) is 0 Å². The lowest BCUT2D eigenvalue weighted by Gasteiger charge is -2.32. The summed E-state index contributed by atoms with van der Waals surface area (Å²) in [4.78, 5) is 39.7. The average Bonchev–Trinajstić information content (AvgIpc) is 3.09. The van der Waals surface area contributed by atoms with Crippen molar-refractivity contribution in [2.24, 2.45) is 5.41 Å². The predicted octanol–water partition coefficient (Wildman–Crippen LogP) is 5.67. The van der Waals surface area contributed by atoms with Gasteiger partial charge in [0.1, 0.15) is 12.2 Å². The van der Waals surface area contributed by atoms with Gasteiger partial charge in [-0.1, -0.05) is 67.9 Å². The number of hydrogen-bond donors (Lipinski definition) is 4. The van der Waals surface area contributed by atoms with Crippen LogP contribution in [-0.4, -0.2) is 47.4 Å². The van der Waals surface area contributed by atoms with Gasteiger partial charge in [0.2, 0.25) is 5.91 Å². The molecule has 3 aromatic carbocycles. The van der Waals surface area contributed by atoms with Crippen molar-refractivity contribution in [1.82, 2.24) is 10.6 Å². The third-order valence-corrected chi connectivity index (χ3v) is 7.52. The summed E-state index contributed by atoms with van der Waals surface area (Å²) in [6, 6.07) is 16.6. The number of anilines is 1. The van der Waals surface area contributed by atoms with Crippen LogP contribution in [0.3, 0.4) is 0 Å². The van der Waals surface area contributed by atoms with Crippen molar-refractivity contribution in [3.8, 4) is 0 Å². The summed E-state index contributed by atoms with van der Waals surface area (Å²) in [7, 11) is 0. The molecule has 3 amide bonds. The molecule has 1 aliphatic heterocycles. The summed E-state index contributed by atoms with van der Waals surface area (Å²) in [5, 5.41) is 24.2. The number of nitrogens with zero attached hydrogens (tertiary/aromatic N) is 1. The zero-order valence-corrected chi connectivity index (χ0v) is 25.3. The second kappa shape index (κ2) is 13.9. The molecule has 0 aromatic heterocycles. The van der Waals surface area contributed by atoms with Crippen LogP contribution in [0.5, 0.6) is 0 Å². The molecule has 4 N–H and O–H groups in total. The van der Waals surface area contributed by atoms with Crippen LogP contribution in [0.1, 0.15) is 54.2 Å². The Hall–Kier alpha value is -4.13. The zero-order valence-electron chi connectivity index (χ0n) is 24.5. The quantitative estimate of drug-likeness (QED) is 0.225. The topological polar surface area (TPSA) is 128 Å². The monoisotopic (exact) mass is 647 g/mol. The molecule has 2 unspecified atom stereocenters. The van der Waals surface area contributed by atoms with Gasteiger partial charge in [0.25, 0.3) is 5.91 Å². The number of carbonyl (C=O) groups excluding carboxylic acids is 2. The van der Waals surface area contributed by atoms with Crippen LogP contribution in [0.4, 0.5) is 23.7 Å². The molecule has 2 atom stereocenters. The first-order chi connectivity index (χ1) is 21.2. The molecule has 4 rings (SSSR count). The molecule has 45 heavy (non-hydrogen) atoms. The first-order valence-corrected chi connectivity index (χ1v) is 14.4. The smallest absolute Gasteiger partial charge is 0.416 e. The summed E-state index contributed by atoms with van der Waals surface area (Å²) in [5.74, 6) is -1.30. The Morgan fingerprint density at radius 1 is 1.00 bits per heavy atom. The molecule has 0 saturated carbocycles. The number of benzene rings is 3. The molecular formula is C32H33ClF3N3O6. The summed E-state index contributed by atoms with van der Waals surface area (Å²) >= 11 is 6.39. The Balaban J connectivity index is 1.70. The van der Waals surface area contributed by atoms with E-state index in [0.29, 0.717) is 27.4 Å². The number of fused-ring (bicyclic) bond motifs is 1. The minimum atomic E-state index is -4.61. The van der Waals surface area contributed by atoms with Gasteiger partial charge in [0, 0.05) is 47.9 Å². The van der Waals surface area contributed by atoms with E-state index in [9.17, 15) is 32.7 Å². The maximum Gasteiger partial charge on any atom is 0.416 e. The first-order valence-electron chi connectivity index (χ1n) is 14.0. The number of carboxylic acid groups (broad SMARTS) is 1. The minimum absolute atomic E-state index is 0.000719. The number of ether oxygens (including phenoxy) is 1. The summed E-state index contributed by atoms with van der Waals surface area (Å²) in [5.41, 5.74) is 0.307. The number of rotatable bonds is 10. The number of halogens is 4. The lowest BCUT2D eigenvalue weighted by molar-refractivity contribution is -0.139. The van der Waals surface area contributed by atoms with Crippen LogP contribution in [0.25, 0.3) is 0 Å². The number of aliphatic hydroxyl groups is 1. The third kappa shape index (κ3) is 8.53. The van der Waals surface area contributed by atoms with Gasteiger partial charge < -0.3 is 30.5 Å². The van der Waals surface area contributed by atoms with Gasteiger partial charge in [-0.2, -0.15) is 13.2 Å². The van der Waals surface area contributed by atoms with E-state index >= 15 is 0 Å². The Morgan fingerprint density at radius 3 is 2.42 bits per heavy atom. The molecule has 9 nitrogen and oxygen atoms in total. The Bertz CT molecular complexity index is 1570. The fourth-order valence-electron chi connectivity index (χ4n) is 5.03. The highest BCUT2D eigenvalue weighted by Gasteiger charge is 2.40. The molecule has 0 aliphatic carbocycles. The minimum Gasteiger partial charge on any atom is -0.465 e. The van der Waals surface area contributed by atoms with Gasteiger partial charge in [0.05, 0.1) is 12.0 Å². The molecule has 1 aliphatic rings. The summed E-state index contributed by atoms with van der Waals surface area (Å²) < 4.78 is 46.8. The third-order valence-electron chi connectivity index (χ3n) is 7.29. The number of hydrogen-bond acceptors (Lipinski definition) is 5. The molecule has 1 heterocycles. The van der Waals surface area contributed by atoms with Crippen molar-refractivity contribution in [2.45, 2.75) is 51.7 Å². The number of aliphatic hydroxyl groups excluding tert-OH is 1. The lowest BCUT2D eigenvalue weighted by Crippen LogP contribution is -2.46. The average molecular weight is 648 g/mol. The van der Waals surface area contributed by atoms with E-state index in [2.05, 4.69) is 10.6 Å². The van der Waals surface area contributed by atoms with Crippen molar-refractivity contribution in [1.29, 1.82) is 0 Å². The molecule has 0 radical (unpaired) electrons. The fourth-order valence-corrected chi connectivity index (χ4v) is 5.21. The van der Waals surface area contributed by atoms with Crippen molar-refractivity contribution in [3.63, 3.8) is 0 Å². The van der Waals surface area contributed by atoms with Crippen molar-refractivity contribution >= 4 is 35.2 Å². The van der Waals surface area contributed by atoms with Crippen molar-refractivity contribution in [3.05, 3.63) is 99.6 Å². The number of amides is 3. The van der Waals surface area contributed by atoms with Gasteiger partial charge in [-0.05, 0) is 41.0 Å². The van der Waals surface area contributed by atoms with Crippen LogP contribution in [0.2, 0.25) is 5.02 Å². The maximum atomic E-state index is 14.1. The highest BCUT2D eigenvalue weighted by Crippen LogP contribution is 2.41. The van der Waals surface area contributed by atoms with E-state index in [0.717, 1.165) is 6.07 Å². The molecule has 0 spiro atoms. The molecule has 0 bridgehead atoms. The van der Waals surface area contributed by atoms with Gasteiger partial charge in [-0.3, -0.25) is 9.59 Å². The fraction of sp³-hybridized carbons (Fsp3) is 0.344. The van der Waals surface area contributed by atoms with Crippen LogP contribution >= 0.6 is 11.6 Å². The van der Waals surface area contributed by atoms with Gasteiger partial charge in [-0.15, -0.1) is 0 Å². The zero-order chi connectivity index (χ0) is 32.9. The first kappa shape index (κ1) is 33.8. The van der Waals surface area contributed by atoms with Crippen molar-refractivity contribution in [2.75, 3.05) is 18.1 Å². The van der Waals surface area contributed by atoms with Crippen LogP contribution in [-0.2, 0) is 33.6 Å². The van der Waals surface area contributed by atoms with Crippen LogP contribution in [0, 0.1) is 5.41 Å². The standard InChI is InChI=1S/C32H33ClF3N3O6/c1-31(2,18-40)17-39-25-11-10-22(33)13-23(25)28(20-8-5-6-19(12-20)15-38-30(43)44)45-26(29(39)42)14-27(41)37-16-21-7-3-4-9-24(21)32(34,35)36/h3-13,26,28,38,40H,14-18H2,1-2H3,(H,37,41)(H,43,44). The Morgan fingerprint density at radius 2 is 1.73 bits per heavy atom. The molecule has 0 saturated heterocycles. The molecule has 240 valence electrons. The normalized spacial score (nSPS) is 17.0. The number of nitrogens with one attached hydrogen (secondary N) is 2. The summed E-state index contributed by atoms with van der Waals surface area (Å²) in [6.07, 6.45) is -8.66. The number of carbonyl (C=O) groups is 3. The lowest BCUT2D eigenvalue weighted by atomic mass is 9.92. The Kier molecular flexibility index (Phi) is 10.4.